The second-order valence-electron chi connectivity index (χ2n) is 5.20. The van der Waals surface area contributed by atoms with Crippen LogP contribution in [0.1, 0.15) is 31.7 Å². The van der Waals surface area contributed by atoms with Gasteiger partial charge < -0.3 is 10.6 Å². The summed E-state index contributed by atoms with van der Waals surface area (Å²) in [6, 6.07) is 6.36. The third-order valence-corrected chi connectivity index (χ3v) is 4.06. The van der Waals surface area contributed by atoms with Crippen LogP contribution in [0.25, 0.3) is 0 Å². The number of rotatable bonds is 4. The van der Waals surface area contributed by atoms with Gasteiger partial charge in [-0.3, -0.25) is 4.79 Å². The first-order valence-electron chi connectivity index (χ1n) is 6.90. The third kappa shape index (κ3) is 3.32. The second kappa shape index (κ2) is 6.15. The zero-order valence-corrected chi connectivity index (χ0v) is 11.3. The Balaban J connectivity index is 1.96. The number of benzene rings is 1. The fraction of sp³-hybridized carbons (Fsp3) is 0.533. The highest BCUT2D eigenvalue weighted by Gasteiger charge is 2.37. The molecule has 2 rings (SSSR count). The number of piperidine rings is 1. The Morgan fingerprint density at radius 3 is 2.79 bits per heavy atom. The molecule has 0 atom stereocenters. The molecule has 2 N–H and O–H groups in total. The van der Waals surface area contributed by atoms with E-state index in [0.29, 0.717) is 6.54 Å². The Kier molecular flexibility index (Phi) is 4.53. The quantitative estimate of drug-likeness (QED) is 0.875. The van der Waals surface area contributed by atoms with E-state index in [1.165, 1.54) is 12.1 Å². The first-order valence-corrected chi connectivity index (χ1v) is 6.90. The lowest BCUT2D eigenvalue weighted by Crippen LogP contribution is -2.47. The lowest BCUT2D eigenvalue weighted by atomic mass is 9.76. The molecule has 0 aliphatic carbocycles. The minimum atomic E-state index is -0.265. The van der Waals surface area contributed by atoms with Crippen LogP contribution in [0.15, 0.2) is 24.3 Å². The van der Waals surface area contributed by atoms with Crippen molar-refractivity contribution in [3.8, 4) is 0 Å². The molecule has 1 aromatic rings. The highest BCUT2D eigenvalue weighted by atomic mass is 19.1. The molecule has 1 aromatic carbocycles. The molecule has 104 valence electrons. The molecule has 0 bridgehead atoms. The molecule has 1 heterocycles. The number of carbonyl (C=O) groups is 1. The van der Waals surface area contributed by atoms with Gasteiger partial charge in [-0.1, -0.05) is 19.1 Å². The van der Waals surface area contributed by atoms with Crippen LogP contribution in [-0.2, 0) is 11.3 Å². The summed E-state index contributed by atoms with van der Waals surface area (Å²) in [4.78, 5) is 12.4. The first-order chi connectivity index (χ1) is 9.16. The van der Waals surface area contributed by atoms with Gasteiger partial charge in [0, 0.05) is 6.54 Å². The molecule has 4 heteroatoms. The van der Waals surface area contributed by atoms with E-state index in [2.05, 4.69) is 17.6 Å². The van der Waals surface area contributed by atoms with Crippen LogP contribution in [-0.4, -0.2) is 19.0 Å². The Labute approximate surface area is 113 Å². The second-order valence-corrected chi connectivity index (χ2v) is 5.20. The summed E-state index contributed by atoms with van der Waals surface area (Å²) in [7, 11) is 0. The van der Waals surface area contributed by atoms with Crippen LogP contribution < -0.4 is 10.6 Å². The molecule has 0 spiro atoms. The topological polar surface area (TPSA) is 41.1 Å². The van der Waals surface area contributed by atoms with Crippen LogP contribution in [0, 0.1) is 11.2 Å². The van der Waals surface area contributed by atoms with Crippen molar-refractivity contribution in [2.45, 2.75) is 32.7 Å². The van der Waals surface area contributed by atoms with Gasteiger partial charge in [0.05, 0.1) is 5.41 Å². The average molecular weight is 264 g/mol. The van der Waals surface area contributed by atoms with Crippen LogP contribution in [0.3, 0.4) is 0 Å². The van der Waals surface area contributed by atoms with Crippen molar-refractivity contribution in [3.63, 3.8) is 0 Å². The van der Waals surface area contributed by atoms with Crippen molar-refractivity contribution in [2.24, 2.45) is 5.41 Å². The number of nitrogens with one attached hydrogen (secondary N) is 2. The van der Waals surface area contributed by atoms with Gasteiger partial charge in [-0.05, 0) is 50.0 Å². The minimum Gasteiger partial charge on any atom is -0.352 e. The van der Waals surface area contributed by atoms with Crippen molar-refractivity contribution in [1.29, 1.82) is 0 Å². The monoisotopic (exact) mass is 264 g/mol. The van der Waals surface area contributed by atoms with Gasteiger partial charge in [-0.15, -0.1) is 0 Å². The number of hydrogen-bond donors (Lipinski definition) is 2. The maximum atomic E-state index is 13.1. The summed E-state index contributed by atoms with van der Waals surface area (Å²) < 4.78 is 13.1. The van der Waals surface area contributed by atoms with E-state index in [1.807, 2.05) is 6.07 Å². The molecule has 0 unspecified atom stereocenters. The van der Waals surface area contributed by atoms with E-state index in [9.17, 15) is 9.18 Å². The Hall–Kier alpha value is -1.42. The number of amides is 1. The normalized spacial score (nSPS) is 18.0. The fourth-order valence-electron chi connectivity index (χ4n) is 2.66. The molecule has 3 nitrogen and oxygen atoms in total. The zero-order chi connectivity index (χ0) is 13.7. The Morgan fingerprint density at radius 2 is 2.16 bits per heavy atom. The van der Waals surface area contributed by atoms with E-state index in [-0.39, 0.29) is 17.1 Å². The van der Waals surface area contributed by atoms with Crippen molar-refractivity contribution >= 4 is 5.91 Å². The summed E-state index contributed by atoms with van der Waals surface area (Å²) in [5.74, 6) is -0.167. The van der Waals surface area contributed by atoms with E-state index in [4.69, 9.17) is 0 Å². The Morgan fingerprint density at radius 1 is 1.42 bits per heavy atom. The summed E-state index contributed by atoms with van der Waals surface area (Å²) >= 11 is 0. The number of hydrogen-bond acceptors (Lipinski definition) is 2. The molecule has 1 saturated heterocycles. The van der Waals surface area contributed by atoms with Gasteiger partial charge >= 0.3 is 0 Å². The predicted molar refractivity (Wildman–Crippen MR) is 73.1 cm³/mol. The van der Waals surface area contributed by atoms with Crippen molar-refractivity contribution in [2.75, 3.05) is 13.1 Å². The molecule has 0 saturated carbocycles. The molecule has 0 aromatic heterocycles. The SMILES string of the molecule is CCC1(C(=O)NCc2cccc(F)c2)CCNCC1. The molecule has 1 aliphatic rings. The van der Waals surface area contributed by atoms with Crippen LogP contribution >= 0.6 is 0 Å². The zero-order valence-electron chi connectivity index (χ0n) is 11.3. The molecule has 0 radical (unpaired) electrons. The Bertz CT molecular complexity index is 442. The van der Waals surface area contributed by atoms with Gasteiger partial charge in [0.1, 0.15) is 5.82 Å². The molecular weight excluding hydrogens is 243 g/mol. The average Bonchev–Trinajstić information content (AvgIpc) is 2.45. The maximum Gasteiger partial charge on any atom is 0.226 e. The van der Waals surface area contributed by atoms with E-state index >= 15 is 0 Å². The minimum absolute atomic E-state index is 0.0979. The molecular formula is C15H21FN2O. The highest BCUT2D eigenvalue weighted by molar-refractivity contribution is 5.82. The van der Waals surface area contributed by atoms with E-state index in [0.717, 1.165) is 37.9 Å². The standard InChI is InChI=1S/C15H21FN2O/c1-2-15(6-8-17-9-7-15)14(19)18-11-12-4-3-5-13(16)10-12/h3-5,10,17H,2,6-9,11H2,1H3,(H,18,19). The van der Waals surface area contributed by atoms with E-state index in [1.54, 1.807) is 6.07 Å². The summed E-state index contributed by atoms with van der Waals surface area (Å²) in [5, 5.41) is 6.23. The largest absolute Gasteiger partial charge is 0.352 e. The van der Waals surface area contributed by atoms with Gasteiger partial charge in [0.15, 0.2) is 0 Å². The van der Waals surface area contributed by atoms with Gasteiger partial charge in [-0.2, -0.15) is 0 Å². The molecule has 1 aliphatic heterocycles. The summed E-state index contributed by atoms with van der Waals surface area (Å²) in [6.45, 7) is 4.24. The highest BCUT2D eigenvalue weighted by Crippen LogP contribution is 2.32. The number of halogens is 1. The van der Waals surface area contributed by atoms with Crippen molar-refractivity contribution in [3.05, 3.63) is 35.6 Å². The third-order valence-electron chi connectivity index (χ3n) is 4.06. The van der Waals surface area contributed by atoms with E-state index < -0.39 is 0 Å². The molecule has 19 heavy (non-hydrogen) atoms. The lowest BCUT2D eigenvalue weighted by molar-refractivity contribution is -0.133. The van der Waals surface area contributed by atoms with Gasteiger partial charge in [-0.25, -0.2) is 4.39 Å². The van der Waals surface area contributed by atoms with Crippen molar-refractivity contribution < 1.29 is 9.18 Å². The van der Waals surface area contributed by atoms with Crippen LogP contribution in [0.5, 0.6) is 0 Å². The first kappa shape index (κ1) is 14.0. The van der Waals surface area contributed by atoms with Crippen LogP contribution in [0.4, 0.5) is 4.39 Å². The lowest BCUT2D eigenvalue weighted by Gasteiger charge is -2.35. The summed E-state index contributed by atoms with van der Waals surface area (Å²) in [6.07, 6.45) is 2.60. The fourth-order valence-corrected chi connectivity index (χ4v) is 2.66. The molecule has 1 amide bonds. The van der Waals surface area contributed by atoms with Gasteiger partial charge in [0.2, 0.25) is 5.91 Å². The van der Waals surface area contributed by atoms with Crippen molar-refractivity contribution in [1.82, 2.24) is 10.6 Å². The van der Waals surface area contributed by atoms with Crippen LogP contribution in [0.2, 0.25) is 0 Å². The van der Waals surface area contributed by atoms with Gasteiger partial charge in [0.25, 0.3) is 0 Å². The predicted octanol–water partition coefficient (Wildman–Crippen LogP) is 2.22. The smallest absolute Gasteiger partial charge is 0.226 e. The maximum absolute atomic E-state index is 13.1. The summed E-state index contributed by atoms with van der Waals surface area (Å²) in [5.41, 5.74) is 0.548. The molecule has 1 fully saturated rings. The number of carbonyl (C=O) groups excluding carboxylic acids is 1.